The smallest absolute Gasteiger partial charge is 0.0562 e. The molecule has 0 N–H and O–H groups in total. The average Bonchev–Trinajstić information content (AvgIpc) is 3.69. The molecule has 2 nitrogen and oxygen atoms in total. The monoisotopic (exact) mass is 790 g/mol. The van der Waals surface area contributed by atoms with E-state index in [4.69, 9.17) is 0 Å². The minimum Gasteiger partial charge on any atom is -0.310 e. The summed E-state index contributed by atoms with van der Waals surface area (Å²) in [6.45, 7) is 0. The van der Waals surface area contributed by atoms with E-state index in [1.54, 1.807) is 0 Å². The van der Waals surface area contributed by atoms with Crippen molar-refractivity contribution >= 4 is 38.9 Å². The van der Waals surface area contributed by atoms with Crippen molar-refractivity contribution in [3.63, 3.8) is 0 Å². The normalized spacial score (nSPS) is 11.2. The van der Waals surface area contributed by atoms with E-state index < -0.39 is 0 Å². The second-order valence-corrected chi connectivity index (χ2v) is 15.7. The summed E-state index contributed by atoms with van der Waals surface area (Å²) in [5, 5.41) is 2.42. The van der Waals surface area contributed by atoms with E-state index in [1.807, 2.05) is 0 Å². The molecule has 0 atom stereocenters. The lowest BCUT2D eigenvalue weighted by Gasteiger charge is -2.28. The zero-order valence-corrected chi connectivity index (χ0v) is 34.1. The molecule has 11 aromatic rings. The average molecular weight is 791 g/mol. The molecule has 0 radical (unpaired) electrons. The Morgan fingerprint density at radius 2 is 0.710 bits per heavy atom. The van der Waals surface area contributed by atoms with Crippen molar-refractivity contribution in [3.05, 3.63) is 255 Å². The molecule has 0 fully saturated rings. The van der Waals surface area contributed by atoms with Crippen molar-refractivity contribution in [1.29, 1.82) is 0 Å². The van der Waals surface area contributed by atoms with Gasteiger partial charge in [0.15, 0.2) is 0 Å². The molecule has 0 spiro atoms. The minimum atomic E-state index is 1.08. The van der Waals surface area contributed by atoms with Gasteiger partial charge in [-0.25, -0.2) is 0 Å². The third-order valence-electron chi connectivity index (χ3n) is 12.0. The van der Waals surface area contributed by atoms with Crippen molar-refractivity contribution < 1.29 is 0 Å². The highest BCUT2D eigenvalue weighted by molar-refractivity contribution is 6.11. The minimum absolute atomic E-state index is 1.08. The lowest BCUT2D eigenvalue weighted by atomic mass is 9.92. The molecule has 0 aliphatic rings. The number of aromatic nitrogens is 1. The molecular formula is C60H42N2. The summed E-state index contributed by atoms with van der Waals surface area (Å²) < 4.78 is 2.48. The van der Waals surface area contributed by atoms with Gasteiger partial charge in [-0.05, 0) is 93.0 Å². The first kappa shape index (κ1) is 36.8. The second kappa shape index (κ2) is 16.1. The zero-order valence-electron chi connectivity index (χ0n) is 34.1. The van der Waals surface area contributed by atoms with Gasteiger partial charge in [0.1, 0.15) is 0 Å². The molecule has 0 aliphatic carbocycles. The number of hydrogen-bond donors (Lipinski definition) is 0. The van der Waals surface area contributed by atoms with Crippen molar-refractivity contribution in [3.8, 4) is 61.3 Å². The summed E-state index contributed by atoms with van der Waals surface area (Å²) in [6.07, 6.45) is 0. The van der Waals surface area contributed by atoms with Crippen LogP contribution in [0.25, 0.3) is 83.1 Å². The maximum absolute atomic E-state index is 2.48. The van der Waals surface area contributed by atoms with Crippen molar-refractivity contribution in [2.45, 2.75) is 0 Å². The highest BCUT2D eigenvalue weighted by Gasteiger charge is 2.22. The Kier molecular flexibility index (Phi) is 9.57. The van der Waals surface area contributed by atoms with Crippen LogP contribution in [0.3, 0.4) is 0 Å². The third kappa shape index (κ3) is 6.74. The standard InChI is InChI=1S/C60H42N2/c1-5-19-43(20-6-1)44-33-36-49(37-34-44)61(57-31-17-15-29-53(57)46-23-9-3-10-24-46)50-38-39-55-54-30-16-18-32-58(54)62(60(55)42-50)59-40-35-48(41-56(59)47-25-11-4-12-26-47)52-28-14-13-27-51(52)45-21-7-2-8-22-45/h1-42H. The van der Waals surface area contributed by atoms with Crippen LogP contribution in [0.2, 0.25) is 0 Å². The molecule has 0 bridgehead atoms. The number of rotatable bonds is 9. The molecule has 11 rings (SSSR count). The molecule has 0 amide bonds. The first-order chi connectivity index (χ1) is 30.8. The van der Waals surface area contributed by atoms with E-state index in [0.29, 0.717) is 0 Å². The van der Waals surface area contributed by atoms with Crippen LogP contribution in [0, 0.1) is 0 Å². The topological polar surface area (TPSA) is 8.17 Å². The van der Waals surface area contributed by atoms with E-state index in [2.05, 4.69) is 264 Å². The maximum Gasteiger partial charge on any atom is 0.0562 e. The Hall–Kier alpha value is -8.20. The molecule has 0 saturated heterocycles. The third-order valence-corrected chi connectivity index (χ3v) is 12.0. The van der Waals surface area contributed by atoms with Crippen molar-refractivity contribution in [2.75, 3.05) is 4.90 Å². The van der Waals surface area contributed by atoms with Crippen molar-refractivity contribution in [2.24, 2.45) is 0 Å². The number of benzene rings is 10. The van der Waals surface area contributed by atoms with Gasteiger partial charge in [0.2, 0.25) is 0 Å². The van der Waals surface area contributed by atoms with E-state index in [9.17, 15) is 0 Å². The number of nitrogens with zero attached hydrogens (tertiary/aromatic N) is 2. The zero-order chi connectivity index (χ0) is 41.2. The highest BCUT2D eigenvalue weighted by atomic mass is 15.1. The molecule has 62 heavy (non-hydrogen) atoms. The molecule has 0 aliphatic heterocycles. The molecule has 292 valence electrons. The van der Waals surface area contributed by atoms with E-state index in [1.165, 1.54) is 66.4 Å². The molecule has 2 heteroatoms. The van der Waals surface area contributed by atoms with Gasteiger partial charge in [0.05, 0.1) is 22.4 Å². The summed E-state index contributed by atoms with van der Waals surface area (Å²) >= 11 is 0. The Bertz CT molecular complexity index is 3310. The first-order valence-electron chi connectivity index (χ1n) is 21.3. The predicted molar refractivity (Wildman–Crippen MR) is 263 cm³/mol. The van der Waals surface area contributed by atoms with Gasteiger partial charge in [-0.15, -0.1) is 0 Å². The summed E-state index contributed by atoms with van der Waals surface area (Å²) in [4.78, 5) is 2.42. The second-order valence-electron chi connectivity index (χ2n) is 15.7. The molecular weight excluding hydrogens is 749 g/mol. The number of hydrogen-bond acceptors (Lipinski definition) is 1. The lowest BCUT2D eigenvalue weighted by molar-refractivity contribution is 1.18. The number of fused-ring (bicyclic) bond motifs is 3. The Morgan fingerprint density at radius 3 is 1.37 bits per heavy atom. The summed E-state index contributed by atoms with van der Waals surface area (Å²) in [7, 11) is 0. The number of para-hydroxylation sites is 2. The van der Waals surface area contributed by atoms with E-state index in [0.717, 1.165) is 33.8 Å². The highest BCUT2D eigenvalue weighted by Crippen LogP contribution is 2.45. The van der Waals surface area contributed by atoms with Gasteiger partial charge in [-0.3, -0.25) is 0 Å². The van der Waals surface area contributed by atoms with Crippen LogP contribution in [-0.4, -0.2) is 4.57 Å². The van der Waals surface area contributed by atoms with Crippen LogP contribution in [0.1, 0.15) is 0 Å². The van der Waals surface area contributed by atoms with Crippen LogP contribution in [-0.2, 0) is 0 Å². The van der Waals surface area contributed by atoms with Crippen molar-refractivity contribution in [1.82, 2.24) is 4.57 Å². The fourth-order valence-corrected chi connectivity index (χ4v) is 9.10. The van der Waals surface area contributed by atoms with Crippen LogP contribution in [0.15, 0.2) is 255 Å². The fraction of sp³-hybridized carbons (Fsp3) is 0. The molecule has 1 aromatic heterocycles. The van der Waals surface area contributed by atoms with Crippen LogP contribution in [0.4, 0.5) is 17.1 Å². The maximum atomic E-state index is 2.48. The lowest BCUT2D eigenvalue weighted by Crippen LogP contribution is -2.11. The summed E-state index contributed by atoms with van der Waals surface area (Å²) in [6, 6.07) is 92.1. The predicted octanol–water partition coefficient (Wildman–Crippen LogP) is 16.6. The van der Waals surface area contributed by atoms with Gasteiger partial charge in [0, 0.05) is 33.3 Å². The van der Waals surface area contributed by atoms with Gasteiger partial charge < -0.3 is 9.47 Å². The van der Waals surface area contributed by atoms with Gasteiger partial charge in [-0.2, -0.15) is 0 Å². The molecule has 0 unspecified atom stereocenters. The van der Waals surface area contributed by atoms with Crippen LogP contribution < -0.4 is 4.90 Å². The Balaban J connectivity index is 1.14. The largest absolute Gasteiger partial charge is 0.310 e. The van der Waals surface area contributed by atoms with E-state index >= 15 is 0 Å². The van der Waals surface area contributed by atoms with Gasteiger partial charge in [0.25, 0.3) is 0 Å². The van der Waals surface area contributed by atoms with Crippen LogP contribution >= 0.6 is 0 Å². The van der Waals surface area contributed by atoms with Gasteiger partial charge >= 0.3 is 0 Å². The fourth-order valence-electron chi connectivity index (χ4n) is 9.10. The first-order valence-corrected chi connectivity index (χ1v) is 21.3. The quantitative estimate of drug-likeness (QED) is 0.141. The van der Waals surface area contributed by atoms with Crippen LogP contribution in [0.5, 0.6) is 0 Å². The van der Waals surface area contributed by atoms with E-state index in [-0.39, 0.29) is 0 Å². The summed E-state index contributed by atoms with van der Waals surface area (Å²) in [5.41, 5.74) is 18.6. The Morgan fingerprint density at radius 1 is 0.258 bits per heavy atom. The summed E-state index contributed by atoms with van der Waals surface area (Å²) in [5.74, 6) is 0. The Labute approximate surface area is 362 Å². The van der Waals surface area contributed by atoms with Gasteiger partial charge in [-0.1, -0.05) is 206 Å². The number of anilines is 3. The SMILES string of the molecule is c1ccc(-c2ccc(N(c3ccc4c5ccccc5n(-c5ccc(-c6ccccc6-c6ccccc6)cc5-c5ccccc5)c4c3)c3ccccc3-c3ccccc3)cc2)cc1. The molecule has 1 heterocycles. The molecule has 0 saturated carbocycles. The molecule has 10 aromatic carbocycles.